The zero-order valence-corrected chi connectivity index (χ0v) is 16.9. The summed E-state index contributed by atoms with van der Waals surface area (Å²) in [5, 5.41) is 9.42. The number of aromatic carboxylic acids is 1. The summed E-state index contributed by atoms with van der Waals surface area (Å²) in [6, 6.07) is 19.1. The molecule has 3 heteroatoms. The Kier molecular flexibility index (Phi) is 4.74. The summed E-state index contributed by atoms with van der Waals surface area (Å²) in [5.74, 6) is -0.644. The third kappa shape index (κ3) is 3.24. The van der Waals surface area contributed by atoms with Gasteiger partial charge in [0.15, 0.2) is 5.78 Å². The van der Waals surface area contributed by atoms with Crippen molar-refractivity contribution >= 4 is 11.8 Å². The second-order valence-corrected chi connectivity index (χ2v) is 8.48. The number of rotatable bonds is 4. The van der Waals surface area contributed by atoms with Gasteiger partial charge in [0.2, 0.25) is 0 Å². The largest absolute Gasteiger partial charge is 0.478 e. The number of hydrogen-bond donors (Lipinski definition) is 1. The predicted octanol–water partition coefficient (Wildman–Crippen LogP) is 6.23. The second-order valence-electron chi connectivity index (χ2n) is 8.48. The number of carbonyl (C=O) groups excluding carboxylic acids is 1. The van der Waals surface area contributed by atoms with Crippen molar-refractivity contribution in [1.29, 1.82) is 0 Å². The van der Waals surface area contributed by atoms with Crippen LogP contribution in [0.25, 0.3) is 11.1 Å². The molecule has 1 fully saturated rings. The van der Waals surface area contributed by atoms with Gasteiger partial charge in [0.05, 0.1) is 5.56 Å². The molecule has 3 aromatic rings. The molecule has 0 unspecified atom stereocenters. The maximum absolute atomic E-state index is 13.0. The Balaban J connectivity index is 1.45. The molecule has 3 aromatic carbocycles. The Hall–Kier alpha value is -3.20. The van der Waals surface area contributed by atoms with Gasteiger partial charge in [0.1, 0.15) is 0 Å². The van der Waals surface area contributed by atoms with E-state index in [-0.39, 0.29) is 16.9 Å². The van der Waals surface area contributed by atoms with Gasteiger partial charge >= 0.3 is 5.97 Å². The van der Waals surface area contributed by atoms with Crippen LogP contribution in [0.1, 0.15) is 81.0 Å². The summed E-state index contributed by atoms with van der Waals surface area (Å²) in [6.07, 6.45) is 7.40. The summed E-state index contributed by atoms with van der Waals surface area (Å²) in [4.78, 5) is 24.5. The van der Waals surface area contributed by atoms with Gasteiger partial charge in [-0.15, -0.1) is 0 Å². The Bertz CT molecular complexity index is 1150. The number of benzene rings is 3. The maximum atomic E-state index is 13.0. The minimum absolute atomic E-state index is 0.0448. The molecular weight excluding hydrogens is 372 g/mol. The van der Waals surface area contributed by atoms with Crippen molar-refractivity contribution in [3.8, 4) is 11.1 Å². The summed E-state index contributed by atoms with van der Waals surface area (Å²) in [5.41, 5.74) is 7.20. The topological polar surface area (TPSA) is 54.4 Å². The van der Waals surface area contributed by atoms with Crippen LogP contribution >= 0.6 is 0 Å². The van der Waals surface area contributed by atoms with Crippen molar-refractivity contribution in [1.82, 2.24) is 0 Å². The van der Waals surface area contributed by atoms with Crippen molar-refractivity contribution in [3.63, 3.8) is 0 Å². The van der Waals surface area contributed by atoms with E-state index in [1.54, 1.807) is 18.2 Å². The monoisotopic (exact) mass is 396 g/mol. The molecule has 150 valence electrons. The summed E-state index contributed by atoms with van der Waals surface area (Å²) in [7, 11) is 0. The summed E-state index contributed by atoms with van der Waals surface area (Å²) >= 11 is 0. The molecule has 0 atom stereocenters. The molecule has 0 bridgehead atoms. The smallest absolute Gasteiger partial charge is 0.336 e. The van der Waals surface area contributed by atoms with E-state index < -0.39 is 5.97 Å². The molecule has 0 saturated heterocycles. The van der Waals surface area contributed by atoms with Crippen LogP contribution in [0.3, 0.4) is 0 Å². The highest BCUT2D eigenvalue weighted by atomic mass is 16.4. The van der Waals surface area contributed by atoms with E-state index in [1.165, 1.54) is 60.4 Å². The van der Waals surface area contributed by atoms with Crippen LogP contribution in [0.15, 0.2) is 60.7 Å². The molecule has 0 aliphatic heterocycles. The van der Waals surface area contributed by atoms with E-state index in [1.807, 2.05) is 18.2 Å². The van der Waals surface area contributed by atoms with Gasteiger partial charge in [0.25, 0.3) is 0 Å². The van der Waals surface area contributed by atoms with Crippen LogP contribution in [-0.2, 0) is 6.42 Å². The van der Waals surface area contributed by atoms with Crippen molar-refractivity contribution in [3.05, 3.63) is 94.0 Å². The SMILES string of the molecule is O=C(O)c1ccccc1C(=O)c1ccc2c(c1)Cc1cc(C3CCCCC3)ccc1-2. The molecule has 1 saturated carbocycles. The molecule has 0 radical (unpaired) electrons. The molecular formula is C27H24O3. The van der Waals surface area contributed by atoms with Crippen molar-refractivity contribution in [2.75, 3.05) is 0 Å². The standard InChI is InChI=1S/C27H24O3/c28-26(24-8-4-5-9-25(24)27(29)30)19-11-13-23-21(15-19)16-20-14-18(10-12-22(20)23)17-6-2-1-3-7-17/h4-5,8-15,17H,1-3,6-7,16H2,(H,29,30). The lowest BCUT2D eigenvalue weighted by Crippen LogP contribution is -2.09. The number of carboxylic acids is 1. The van der Waals surface area contributed by atoms with Crippen LogP contribution in [0, 0.1) is 0 Å². The fourth-order valence-electron chi connectivity index (χ4n) is 5.08. The highest BCUT2D eigenvalue weighted by Crippen LogP contribution is 2.40. The van der Waals surface area contributed by atoms with Crippen molar-refractivity contribution in [2.45, 2.75) is 44.4 Å². The first-order valence-corrected chi connectivity index (χ1v) is 10.7. The molecule has 0 spiro atoms. The van der Waals surface area contributed by atoms with Gasteiger partial charge in [0, 0.05) is 11.1 Å². The van der Waals surface area contributed by atoms with Gasteiger partial charge in [-0.3, -0.25) is 4.79 Å². The molecule has 2 aliphatic carbocycles. The molecule has 0 amide bonds. The van der Waals surface area contributed by atoms with Gasteiger partial charge < -0.3 is 5.11 Å². The fraction of sp³-hybridized carbons (Fsp3) is 0.259. The lowest BCUT2D eigenvalue weighted by atomic mass is 9.83. The molecule has 2 aliphatic rings. The van der Waals surface area contributed by atoms with Gasteiger partial charge in [-0.05, 0) is 65.1 Å². The van der Waals surface area contributed by atoms with E-state index in [0.29, 0.717) is 11.5 Å². The third-order valence-corrected chi connectivity index (χ3v) is 6.65. The number of carbonyl (C=O) groups is 2. The lowest BCUT2D eigenvalue weighted by molar-refractivity contribution is 0.0693. The van der Waals surface area contributed by atoms with Crippen LogP contribution in [0.4, 0.5) is 0 Å². The van der Waals surface area contributed by atoms with E-state index in [0.717, 1.165) is 12.0 Å². The third-order valence-electron chi connectivity index (χ3n) is 6.65. The summed E-state index contributed by atoms with van der Waals surface area (Å²) in [6.45, 7) is 0. The summed E-state index contributed by atoms with van der Waals surface area (Å²) < 4.78 is 0. The highest BCUT2D eigenvalue weighted by Gasteiger charge is 2.24. The minimum Gasteiger partial charge on any atom is -0.478 e. The molecule has 0 heterocycles. The maximum Gasteiger partial charge on any atom is 0.336 e. The average Bonchev–Trinajstić information content (AvgIpc) is 3.16. The Morgan fingerprint density at radius 3 is 2.17 bits per heavy atom. The van der Waals surface area contributed by atoms with E-state index >= 15 is 0 Å². The first kappa shape index (κ1) is 18.8. The fourth-order valence-corrected chi connectivity index (χ4v) is 5.08. The first-order valence-electron chi connectivity index (χ1n) is 10.7. The minimum atomic E-state index is -1.08. The van der Waals surface area contributed by atoms with Crippen molar-refractivity contribution in [2.24, 2.45) is 0 Å². The first-order chi connectivity index (χ1) is 14.6. The lowest BCUT2D eigenvalue weighted by Gasteiger charge is -2.22. The Labute approximate surface area is 176 Å². The van der Waals surface area contributed by atoms with E-state index in [9.17, 15) is 14.7 Å². The van der Waals surface area contributed by atoms with Crippen molar-refractivity contribution < 1.29 is 14.7 Å². The number of fused-ring (bicyclic) bond motifs is 3. The number of carboxylic acid groups (broad SMARTS) is 1. The van der Waals surface area contributed by atoms with Crippen LogP contribution in [0.2, 0.25) is 0 Å². The number of ketones is 1. The van der Waals surface area contributed by atoms with Crippen LogP contribution in [-0.4, -0.2) is 16.9 Å². The van der Waals surface area contributed by atoms with E-state index in [4.69, 9.17) is 0 Å². The Morgan fingerprint density at radius 1 is 0.767 bits per heavy atom. The quantitative estimate of drug-likeness (QED) is 0.416. The normalized spacial score (nSPS) is 15.5. The van der Waals surface area contributed by atoms with Crippen LogP contribution in [0.5, 0.6) is 0 Å². The molecule has 30 heavy (non-hydrogen) atoms. The zero-order chi connectivity index (χ0) is 20.7. The molecule has 5 rings (SSSR count). The zero-order valence-electron chi connectivity index (χ0n) is 16.9. The molecule has 0 aromatic heterocycles. The Morgan fingerprint density at radius 2 is 1.43 bits per heavy atom. The predicted molar refractivity (Wildman–Crippen MR) is 117 cm³/mol. The molecule has 3 nitrogen and oxygen atoms in total. The van der Waals surface area contributed by atoms with Gasteiger partial charge in [-0.2, -0.15) is 0 Å². The number of hydrogen-bond acceptors (Lipinski definition) is 2. The average molecular weight is 396 g/mol. The van der Waals surface area contributed by atoms with Gasteiger partial charge in [-0.1, -0.05) is 67.8 Å². The highest BCUT2D eigenvalue weighted by molar-refractivity contribution is 6.14. The molecule has 1 N–H and O–H groups in total. The second kappa shape index (κ2) is 7.56. The van der Waals surface area contributed by atoms with E-state index in [2.05, 4.69) is 18.2 Å². The van der Waals surface area contributed by atoms with Crippen LogP contribution < -0.4 is 0 Å². The van der Waals surface area contributed by atoms with Gasteiger partial charge in [-0.25, -0.2) is 4.79 Å².